The first kappa shape index (κ1) is 15.3. The third-order valence-electron chi connectivity index (χ3n) is 4.64. The molecule has 1 saturated carbocycles. The van der Waals surface area contributed by atoms with Crippen LogP contribution in [0.4, 0.5) is 0 Å². The molecule has 0 aromatic heterocycles. The number of rotatable bonds is 5. The van der Waals surface area contributed by atoms with Gasteiger partial charge in [0.15, 0.2) is 0 Å². The number of nitrogens with one attached hydrogen (secondary N) is 2. The monoisotopic (exact) mass is 281 g/mol. The molecule has 2 fully saturated rings. The first-order valence-electron chi connectivity index (χ1n) is 7.96. The van der Waals surface area contributed by atoms with Gasteiger partial charge in [0.25, 0.3) is 0 Å². The van der Waals surface area contributed by atoms with E-state index in [9.17, 15) is 9.59 Å². The Morgan fingerprint density at radius 1 is 1.15 bits per heavy atom. The van der Waals surface area contributed by atoms with Gasteiger partial charge in [-0.3, -0.25) is 9.59 Å². The van der Waals surface area contributed by atoms with Gasteiger partial charge >= 0.3 is 0 Å². The Hall–Kier alpha value is -1.10. The van der Waals surface area contributed by atoms with Crippen LogP contribution in [-0.4, -0.2) is 30.9 Å². The molecular weight excluding hydrogens is 254 g/mol. The molecule has 5 nitrogen and oxygen atoms in total. The summed E-state index contributed by atoms with van der Waals surface area (Å²) in [4.78, 5) is 23.6. The molecule has 1 aliphatic heterocycles. The molecule has 2 unspecified atom stereocenters. The van der Waals surface area contributed by atoms with Gasteiger partial charge in [0.05, 0.1) is 5.92 Å². The van der Waals surface area contributed by atoms with E-state index < -0.39 is 0 Å². The van der Waals surface area contributed by atoms with Crippen LogP contribution < -0.4 is 16.4 Å². The second kappa shape index (κ2) is 7.62. The lowest BCUT2D eigenvalue weighted by atomic mass is 9.82. The van der Waals surface area contributed by atoms with Crippen LogP contribution in [0.1, 0.15) is 51.4 Å². The van der Waals surface area contributed by atoms with Crippen molar-refractivity contribution in [3.05, 3.63) is 0 Å². The SMILES string of the molecule is NC(=O)CC(NC(=O)C1CCCNC1)C1CCCCC1. The van der Waals surface area contributed by atoms with Crippen molar-refractivity contribution in [1.29, 1.82) is 0 Å². The first-order valence-corrected chi connectivity index (χ1v) is 7.96. The predicted molar refractivity (Wildman–Crippen MR) is 77.9 cm³/mol. The lowest BCUT2D eigenvalue weighted by Gasteiger charge is -2.32. The van der Waals surface area contributed by atoms with Gasteiger partial charge < -0.3 is 16.4 Å². The number of piperidine rings is 1. The van der Waals surface area contributed by atoms with Gasteiger partial charge in [-0.05, 0) is 38.1 Å². The number of primary amides is 1. The zero-order valence-electron chi connectivity index (χ0n) is 12.2. The minimum atomic E-state index is -0.317. The highest BCUT2D eigenvalue weighted by Crippen LogP contribution is 2.28. The van der Waals surface area contributed by atoms with Crippen molar-refractivity contribution in [1.82, 2.24) is 10.6 Å². The molecule has 114 valence electrons. The first-order chi connectivity index (χ1) is 9.66. The summed E-state index contributed by atoms with van der Waals surface area (Å²) in [6, 6.07) is -0.0674. The molecule has 2 amide bonds. The van der Waals surface area contributed by atoms with E-state index in [4.69, 9.17) is 5.73 Å². The molecule has 2 rings (SSSR count). The molecule has 4 N–H and O–H groups in total. The summed E-state index contributed by atoms with van der Waals surface area (Å²) in [5.41, 5.74) is 5.35. The number of hydrogen-bond acceptors (Lipinski definition) is 3. The van der Waals surface area contributed by atoms with Crippen LogP contribution in [0.25, 0.3) is 0 Å². The summed E-state index contributed by atoms with van der Waals surface area (Å²) in [5, 5.41) is 6.36. The average molecular weight is 281 g/mol. The summed E-state index contributed by atoms with van der Waals surface area (Å²) < 4.78 is 0. The summed E-state index contributed by atoms with van der Waals surface area (Å²) in [5.74, 6) is 0.233. The van der Waals surface area contributed by atoms with Crippen molar-refractivity contribution >= 4 is 11.8 Å². The van der Waals surface area contributed by atoms with Gasteiger partial charge in [-0.2, -0.15) is 0 Å². The van der Waals surface area contributed by atoms with E-state index in [1.165, 1.54) is 19.3 Å². The minimum Gasteiger partial charge on any atom is -0.370 e. The van der Waals surface area contributed by atoms with Crippen LogP contribution in [0, 0.1) is 11.8 Å². The molecule has 2 atom stereocenters. The number of carbonyl (C=O) groups excluding carboxylic acids is 2. The van der Waals surface area contributed by atoms with Crippen LogP contribution in [0.2, 0.25) is 0 Å². The van der Waals surface area contributed by atoms with Crippen molar-refractivity contribution < 1.29 is 9.59 Å². The van der Waals surface area contributed by atoms with Crippen molar-refractivity contribution in [2.24, 2.45) is 17.6 Å². The van der Waals surface area contributed by atoms with Gasteiger partial charge in [0.1, 0.15) is 0 Å². The number of amides is 2. The molecular formula is C15H27N3O2. The fraction of sp³-hybridized carbons (Fsp3) is 0.867. The lowest BCUT2D eigenvalue weighted by Crippen LogP contribution is -2.48. The Morgan fingerprint density at radius 2 is 1.90 bits per heavy atom. The third kappa shape index (κ3) is 4.47. The molecule has 1 aliphatic carbocycles. The molecule has 1 saturated heterocycles. The highest BCUT2D eigenvalue weighted by molar-refractivity contribution is 5.81. The van der Waals surface area contributed by atoms with Gasteiger partial charge in [0.2, 0.25) is 11.8 Å². The Morgan fingerprint density at radius 3 is 2.50 bits per heavy atom. The van der Waals surface area contributed by atoms with Crippen LogP contribution in [0.15, 0.2) is 0 Å². The maximum atomic E-state index is 12.3. The normalized spacial score (nSPS) is 25.9. The van der Waals surface area contributed by atoms with E-state index in [1.54, 1.807) is 0 Å². The fourth-order valence-corrected chi connectivity index (χ4v) is 3.47. The lowest BCUT2D eigenvalue weighted by molar-refractivity contribution is -0.127. The molecule has 0 aromatic carbocycles. The van der Waals surface area contributed by atoms with Gasteiger partial charge in [0, 0.05) is 19.0 Å². The van der Waals surface area contributed by atoms with E-state index in [2.05, 4.69) is 10.6 Å². The number of carbonyl (C=O) groups is 2. The molecule has 5 heteroatoms. The van der Waals surface area contributed by atoms with Crippen molar-refractivity contribution in [3.8, 4) is 0 Å². The molecule has 20 heavy (non-hydrogen) atoms. The smallest absolute Gasteiger partial charge is 0.224 e. The van der Waals surface area contributed by atoms with Crippen LogP contribution in [0.3, 0.4) is 0 Å². The summed E-state index contributed by atoms with van der Waals surface area (Å²) in [6.07, 6.45) is 8.11. The zero-order valence-corrected chi connectivity index (χ0v) is 12.2. The standard InChI is InChI=1S/C15H27N3O2/c16-14(19)9-13(11-5-2-1-3-6-11)18-15(20)12-7-4-8-17-10-12/h11-13,17H,1-10H2,(H2,16,19)(H,18,20). The largest absolute Gasteiger partial charge is 0.370 e. The minimum absolute atomic E-state index is 0.0442. The molecule has 0 bridgehead atoms. The van der Waals surface area contributed by atoms with Crippen molar-refractivity contribution in [2.75, 3.05) is 13.1 Å². The summed E-state index contributed by atoms with van der Waals surface area (Å²) in [7, 11) is 0. The number of nitrogens with two attached hydrogens (primary N) is 1. The summed E-state index contributed by atoms with van der Waals surface area (Å²) >= 11 is 0. The average Bonchev–Trinajstić information content (AvgIpc) is 2.48. The quantitative estimate of drug-likeness (QED) is 0.701. The Labute approximate surface area is 121 Å². The predicted octanol–water partition coefficient (Wildman–Crippen LogP) is 0.926. The van der Waals surface area contributed by atoms with Crippen LogP contribution in [-0.2, 0) is 9.59 Å². The maximum Gasteiger partial charge on any atom is 0.224 e. The Bertz CT molecular complexity index is 334. The van der Waals surface area contributed by atoms with Gasteiger partial charge in [-0.15, -0.1) is 0 Å². The van der Waals surface area contributed by atoms with Gasteiger partial charge in [-0.1, -0.05) is 19.3 Å². The van der Waals surface area contributed by atoms with E-state index in [0.717, 1.165) is 38.8 Å². The van der Waals surface area contributed by atoms with E-state index in [-0.39, 0.29) is 30.2 Å². The molecule has 2 aliphatic rings. The van der Waals surface area contributed by atoms with Crippen molar-refractivity contribution in [3.63, 3.8) is 0 Å². The summed E-state index contributed by atoms with van der Waals surface area (Å²) in [6.45, 7) is 1.75. The third-order valence-corrected chi connectivity index (χ3v) is 4.64. The molecule has 0 aromatic rings. The second-order valence-corrected chi connectivity index (χ2v) is 6.23. The Balaban J connectivity index is 1.91. The van der Waals surface area contributed by atoms with Crippen LogP contribution >= 0.6 is 0 Å². The second-order valence-electron chi connectivity index (χ2n) is 6.23. The molecule has 0 spiro atoms. The molecule has 0 radical (unpaired) electrons. The maximum absolute atomic E-state index is 12.3. The van der Waals surface area contributed by atoms with Crippen molar-refractivity contribution in [2.45, 2.75) is 57.4 Å². The zero-order chi connectivity index (χ0) is 14.4. The number of hydrogen-bond donors (Lipinski definition) is 3. The van der Waals surface area contributed by atoms with Crippen LogP contribution in [0.5, 0.6) is 0 Å². The topological polar surface area (TPSA) is 84.2 Å². The fourth-order valence-electron chi connectivity index (χ4n) is 3.47. The highest BCUT2D eigenvalue weighted by atomic mass is 16.2. The van der Waals surface area contributed by atoms with E-state index in [0.29, 0.717) is 5.92 Å². The molecule has 1 heterocycles. The van der Waals surface area contributed by atoms with Gasteiger partial charge in [-0.25, -0.2) is 0 Å². The highest BCUT2D eigenvalue weighted by Gasteiger charge is 2.29. The Kier molecular flexibility index (Phi) is 5.83. The van der Waals surface area contributed by atoms with E-state index >= 15 is 0 Å². The van der Waals surface area contributed by atoms with E-state index in [1.807, 2.05) is 0 Å².